The molecule has 0 aromatic carbocycles. The third-order valence-electron chi connectivity index (χ3n) is 2.86. The molecule has 0 atom stereocenters. The van der Waals surface area contributed by atoms with Gasteiger partial charge in [-0.25, -0.2) is 0 Å². The van der Waals surface area contributed by atoms with Gasteiger partial charge in [-0.05, 0) is 33.6 Å². The SMILES string of the molecule is CC(C)(C)OCCOc1nc(N)nc(N2CCCC2)n1. The molecule has 2 rings (SSSR count). The van der Waals surface area contributed by atoms with Crippen molar-refractivity contribution in [2.75, 3.05) is 36.9 Å². The molecule has 7 heteroatoms. The molecule has 0 unspecified atom stereocenters. The molecule has 0 radical (unpaired) electrons. The minimum atomic E-state index is -0.178. The molecule has 1 aliphatic rings. The third-order valence-corrected chi connectivity index (χ3v) is 2.86. The van der Waals surface area contributed by atoms with Crippen molar-refractivity contribution >= 4 is 11.9 Å². The van der Waals surface area contributed by atoms with Gasteiger partial charge in [0.2, 0.25) is 11.9 Å². The largest absolute Gasteiger partial charge is 0.461 e. The Morgan fingerprint density at radius 2 is 1.80 bits per heavy atom. The van der Waals surface area contributed by atoms with Gasteiger partial charge in [0.15, 0.2) is 0 Å². The molecule has 1 saturated heterocycles. The number of nitrogens with two attached hydrogens (primary N) is 1. The fourth-order valence-corrected chi connectivity index (χ4v) is 1.96. The van der Waals surface area contributed by atoms with Crippen molar-refractivity contribution in [2.24, 2.45) is 0 Å². The Bertz CT molecular complexity index is 441. The lowest BCUT2D eigenvalue weighted by molar-refractivity contribution is -0.0173. The van der Waals surface area contributed by atoms with E-state index in [4.69, 9.17) is 15.2 Å². The van der Waals surface area contributed by atoms with Crippen LogP contribution in [0.4, 0.5) is 11.9 Å². The molecule has 0 amide bonds. The zero-order valence-corrected chi connectivity index (χ0v) is 12.4. The van der Waals surface area contributed by atoms with Crippen LogP contribution in [0.1, 0.15) is 33.6 Å². The van der Waals surface area contributed by atoms with Gasteiger partial charge in [-0.3, -0.25) is 0 Å². The molecule has 1 aromatic rings. The van der Waals surface area contributed by atoms with Crippen molar-refractivity contribution in [2.45, 2.75) is 39.2 Å². The smallest absolute Gasteiger partial charge is 0.323 e. The predicted octanol–water partition coefficient (Wildman–Crippen LogP) is 1.25. The molecule has 1 aliphatic heterocycles. The molecule has 20 heavy (non-hydrogen) atoms. The quantitative estimate of drug-likeness (QED) is 0.813. The number of hydrogen-bond donors (Lipinski definition) is 1. The van der Waals surface area contributed by atoms with Gasteiger partial charge < -0.3 is 20.1 Å². The zero-order valence-electron chi connectivity index (χ0n) is 12.4. The second-order valence-electron chi connectivity index (χ2n) is 5.78. The molecule has 7 nitrogen and oxygen atoms in total. The maximum atomic E-state index is 5.70. The first-order valence-corrected chi connectivity index (χ1v) is 6.97. The molecule has 2 heterocycles. The highest BCUT2D eigenvalue weighted by Gasteiger charge is 2.17. The lowest BCUT2D eigenvalue weighted by Crippen LogP contribution is -2.24. The Morgan fingerprint density at radius 3 is 2.45 bits per heavy atom. The average Bonchev–Trinajstić information content (AvgIpc) is 2.86. The highest BCUT2D eigenvalue weighted by Crippen LogP contribution is 2.18. The minimum Gasteiger partial charge on any atom is -0.461 e. The van der Waals surface area contributed by atoms with Gasteiger partial charge in [0.1, 0.15) is 6.61 Å². The van der Waals surface area contributed by atoms with E-state index in [1.807, 2.05) is 20.8 Å². The summed E-state index contributed by atoms with van der Waals surface area (Å²) in [7, 11) is 0. The van der Waals surface area contributed by atoms with E-state index in [2.05, 4.69) is 19.9 Å². The predicted molar refractivity (Wildman–Crippen MR) is 76.9 cm³/mol. The lowest BCUT2D eigenvalue weighted by Gasteiger charge is -2.19. The van der Waals surface area contributed by atoms with E-state index in [9.17, 15) is 0 Å². The van der Waals surface area contributed by atoms with E-state index >= 15 is 0 Å². The third kappa shape index (κ3) is 4.48. The number of nitrogen functional groups attached to an aromatic ring is 1. The number of ether oxygens (including phenoxy) is 2. The maximum Gasteiger partial charge on any atom is 0.323 e. The maximum absolute atomic E-state index is 5.70. The van der Waals surface area contributed by atoms with Crippen LogP contribution in [0, 0.1) is 0 Å². The molecule has 0 saturated carbocycles. The number of rotatable bonds is 5. The van der Waals surface area contributed by atoms with Crippen LogP contribution >= 0.6 is 0 Å². The van der Waals surface area contributed by atoms with Gasteiger partial charge in [-0.15, -0.1) is 0 Å². The Balaban J connectivity index is 1.91. The first-order valence-electron chi connectivity index (χ1n) is 6.97. The van der Waals surface area contributed by atoms with Gasteiger partial charge >= 0.3 is 6.01 Å². The fourth-order valence-electron chi connectivity index (χ4n) is 1.96. The minimum absolute atomic E-state index is 0.178. The molecular formula is C13H23N5O2. The number of anilines is 2. The van der Waals surface area contributed by atoms with Crippen LogP contribution < -0.4 is 15.4 Å². The van der Waals surface area contributed by atoms with E-state index in [0.29, 0.717) is 19.2 Å². The van der Waals surface area contributed by atoms with Crippen LogP contribution in [0.25, 0.3) is 0 Å². The van der Waals surface area contributed by atoms with Gasteiger partial charge in [-0.1, -0.05) is 0 Å². The summed E-state index contributed by atoms with van der Waals surface area (Å²) in [6.07, 6.45) is 2.31. The molecule has 1 aromatic heterocycles. The highest BCUT2D eigenvalue weighted by atomic mass is 16.5. The van der Waals surface area contributed by atoms with Crippen LogP contribution in [-0.4, -0.2) is 46.9 Å². The Hall–Kier alpha value is -1.63. The van der Waals surface area contributed by atoms with Gasteiger partial charge in [0.05, 0.1) is 12.2 Å². The summed E-state index contributed by atoms with van der Waals surface area (Å²) >= 11 is 0. The van der Waals surface area contributed by atoms with E-state index in [0.717, 1.165) is 25.9 Å². The standard InChI is InChI=1S/C13H23N5O2/c1-13(2,3)20-9-8-19-12-16-10(14)15-11(17-12)18-6-4-5-7-18/h4-9H2,1-3H3,(H2,14,15,16,17). The monoisotopic (exact) mass is 281 g/mol. The van der Waals surface area contributed by atoms with E-state index in [-0.39, 0.29) is 17.6 Å². The van der Waals surface area contributed by atoms with Crippen molar-refractivity contribution in [3.05, 3.63) is 0 Å². The molecule has 112 valence electrons. The summed E-state index contributed by atoms with van der Waals surface area (Å²) < 4.78 is 11.1. The van der Waals surface area contributed by atoms with Gasteiger partial charge in [0, 0.05) is 13.1 Å². The van der Waals surface area contributed by atoms with Crippen LogP contribution in [0.15, 0.2) is 0 Å². The Labute approximate surface area is 119 Å². The van der Waals surface area contributed by atoms with Crippen molar-refractivity contribution in [3.63, 3.8) is 0 Å². The van der Waals surface area contributed by atoms with E-state index in [1.165, 1.54) is 0 Å². The fraction of sp³-hybridized carbons (Fsp3) is 0.769. The van der Waals surface area contributed by atoms with E-state index in [1.54, 1.807) is 0 Å². The summed E-state index contributed by atoms with van der Waals surface area (Å²) in [5.74, 6) is 0.787. The first kappa shape index (κ1) is 14.8. The topological polar surface area (TPSA) is 86.4 Å². The summed E-state index contributed by atoms with van der Waals surface area (Å²) in [5.41, 5.74) is 5.52. The second kappa shape index (κ2) is 6.21. The van der Waals surface area contributed by atoms with Gasteiger partial charge in [-0.2, -0.15) is 15.0 Å². The van der Waals surface area contributed by atoms with Crippen LogP contribution in [0.3, 0.4) is 0 Å². The summed E-state index contributed by atoms with van der Waals surface area (Å²) in [4.78, 5) is 14.5. The number of nitrogens with zero attached hydrogens (tertiary/aromatic N) is 4. The number of aromatic nitrogens is 3. The van der Waals surface area contributed by atoms with Crippen molar-refractivity contribution in [1.29, 1.82) is 0 Å². The zero-order chi connectivity index (χ0) is 14.6. The highest BCUT2D eigenvalue weighted by molar-refractivity contribution is 5.36. The summed E-state index contributed by atoms with van der Waals surface area (Å²) in [5, 5.41) is 0. The average molecular weight is 281 g/mol. The Morgan fingerprint density at radius 1 is 1.10 bits per heavy atom. The molecule has 0 aliphatic carbocycles. The normalized spacial score (nSPS) is 15.7. The second-order valence-corrected chi connectivity index (χ2v) is 5.78. The lowest BCUT2D eigenvalue weighted by atomic mass is 10.2. The van der Waals surface area contributed by atoms with Crippen LogP contribution in [-0.2, 0) is 4.74 Å². The van der Waals surface area contributed by atoms with E-state index < -0.39 is 0 Å². The number of hydrogen-bond acceptors (Lipinski definition) is 7. The summed E-state index contributed by atoms with van der Waals surface area (Å²) in [6.45, 7) is 8.78. The van der Waals surface area contributed by atoms with Crippen LogP contribution in [0.2, 0.25) is 0 Å². The van der Waals surface area contributed by atoms with Gasteiger partial charge in [0.25, 0.3) is 0 Å². The molecule has 2 N–H and O–H groups in total. The first-order chi connectivity index (χ1) is 9.44. The Kier molecular flexibility index (Phi) is 4.59. The van der Waals surface area contributed by atoms with Crippen LogP contribution in [0.5, 0.6) is 6.01 Å². The molecule has 1 fully saturated rings. The van der Waals surface area contributed by atoms with Crippen molar-refractivity contribution < 1.29 is 9.47 Å². The summed E-state index contributed by atoms with van der Waals surface area (Å²) in [6, 6.07) is 0.261. The molecular weight excluding hydrogens is 258 g/mol. The molecule has 0 spiro atoms. The van der Waals surface area contributed by atoms with Crippen molar-refractivity contribution in [3.8, 4) is 6.01 Å². The van der Waals surface area contributed by atoms with Crippen molar-refractivity contribution in [1.82, 2.24) is 15.0 Å². The molecule has 0 bridgehead atoms.